The summed E-state index contributed by atoms with van der Waals surface area (Å²) < 4.78 is 1.84. The van der Waals surface area contributed by atoms with E-state index in [0.29, 0.717) is 25.5 Å². The third kappa shape index (κ3) is 5.24. The highest BCUT2D eigenvalue weighted by atomic mass is 35.5. The molecule has 1 aromatic heterocycles. The monoisotopic (exact) mass is 406 g/mol. The number of aryl methyl sites for hydroxylation is 1. The first-order valence-corrected chi connectivity index (χ1v) is 9.18. The van der Waals surface area contributed by atoms with Crippen molar-refractivity contribution in [3.8, 4) is 0 Å². The van der Waals surface area contributed by atoms with Crippen LogP contribution in [0.5, 0.6) is 0 Å². The molecule has 1 saturated heterocycles. The smallest absolute Gasteiger partial charge is 0.324 e. The van der Waals surface area contributed by atoms with Crippen molar-refractivity contribution in [2.75, 3.05) is 37.3 Å². The second kappa shape index (κ2) is 10.1. The van der Waals surface area contributed by atoms with Gasteiger partial charge in [-0.15, -0.1) is 12.4 Å². The zero-order valence-corrected chi connectivity index (χ0v) is 17.0. The van der Waals surface area contributed by atoms with Gasteiger partial charge in [-0.05, 0) is 38.4 Å². The van der Waals surface area contributed by atoms with Gasteiger partial charge >= 0.3 is 6.03 Å². The number of carbonyl (C=O) groups is 2. The largest absolute Gasteiger partial charge is 0.341 e. The summed E-state index contributed by atoms with van der Waals surface area (Å²) >= 11 is 0. The molecule has 0 atom stereocenters. The van der Waals surface area contributed by atoms with E-state index in [1.165, 1.54) is 0 Å². The number of anilines is 2. The summed E-state index contributed by atoms with van der Waals surface area (Å²) in [4.78, 5) is 26.2. The van der Waals surface area contributed by atoms with Crippen molar-refractivity contribution < 1.29 is 9.59 Å². The fourth-order valence-corrected chi connectivity index (χ4v) is 3.31. The summed E-state index contributed by atoms with van der Waals surface area (Å²) in [6.07, 6.45) is 3.30. The van der Waals surface area contributed by atoms with Crippen molar-refractivity contribution in [2.45, 2.75) is 25.8 Å². The number of benzene rings is 1. The van der Waals surface area contributed by atoms with Crippen LogP contribution in [0.15, 0.2) is 36.5 Å². The van der Waals surface area contributed by atoms with Crippen LogP contribution < -0.4 is 16.0 Å². The number of likely N-dealkylation sites (tertiary alicyclic amines) is 1. The number of hydrogen-bond acceptors (Lipinski definition) is 4. The number of nitrogens with zero attached hydrogens (tertiary/aromatic N) is 3. The minimum atomic E-state index is -0.298. The van der Waals surface area contributed by atoms with Crippen molar-refractivity contribution in [3.63, 3.8) is 0 Å². The molecule has 2 heterocycles. The van der Waals surface area contributed by atoms with Gasteiger partial charge in [0.05, 0.1) is 18.8 Å². The van der Waals surface area contributed by atoms with E-state index in [4.69, 9.17) is 0 Å². The summed E-state index contributed by atoms with van der Waals surface area (Å²) in [5, 5.41) is 13.0. The Balaban J connectivity index is 0.00000280. The van der Waals surface area contributed by atoms with E-state index >= 15 is 0 Å². The van der Waals surface area contributed by atoms with E-state index in [1.807, 2.05) is 40.8 Å². The fraction of sp³-hybridized carbons (Fsp3) is 0.421. The Morgan fingerprint density at radius 2 is 1.86 bits per heavy atom. The molecular weight excluding hydrogens is 380 g/mol. The molecule has 1 fully saturated rings. The highest BCUT2D eigenvalue weighted by Gasteiger charge is 2.25. The first-order valence-electron chi connectivity index (χ1n) is 9.18. The molecule has 3 rings (SSSR count). The van der Waals surface area contributed by atoms with Crippen molar-refractivity contribution >= 4 is 35.9 Å². The van der Waals surface area contributed by atoms with Crippen molar-refractivity contribution in [1.82, 2.24) is 20.0 Å². The van der Waals surface area contributed by atoms with E-state index < -0.39 is 0 Å². The summed E-state index contributed by atoms with van der Waals surface area (Å²) in [6.45, 7) is 3.70. The minimum Gasteiger partial charge on any atom is -0.341 e. The molecule has 3 N–H and O–H groups in total. The van der Waals surface area contributed by atoms with Gasteiger partial charge in [-0.3, -0.25) is 10.1 Å². The number of para-hydroxylation sites is 1. The fourth-order valence-electron chi connectivity index (χ4n) is 3.31. The number of nitrogens with one attached hydrogen (secondary N) is 3. The molecular formula is C19H27ClN6O2. The Labute approximate surface area is 171 Å². The lowest BCUT2D eigenvalue weighted by Gasteiger charge is -2.32. The average Bonchev–Trinajstić information content (AvgIpc) is 3.12. The predicted octanol–water partition coefficient (Wildman–Crippen LogP) is 2.64. The van der Waals surface area contributed by atoms with Crippen LogP contribution in [0.2, 0.25) is 0 Å². The van der Waals surface area contributed by atoms with Crippen LogP contribution in [-0.2, 0) is 4.79 Å². The third-order valence-electron chi connectivity index (χ3n) is 4.80. The molecule has 0 aliphatic carbocycles. The van der Waals surface area contributed by atoms with Gasteiger partial charge in [0.25, 0.3) is 0 Å². The van der Waals surface area contributed by atoms with Crippen LogP contribution in [0.3, 0.4) is 0 Å². The molecule has 2 aromatic rings. The average molecular weight is 407 g/mol. The standard InChI is InChI=1S/C19H26N6O2.ClH/c1-14-5-3-4-6-16(14)22-19(27)23-17-7-10-21-25(17)15-8-11-24(12-9-15)18(26)13-20-2;/h3-7,10,15,20H,8-9,11-13H2,1-2H3,(H2,22,23,27);1H. The Hall–Kier alpha value is -2.58. The predicted molar refractivity (Wildman–Crippen MR) is 112 cm³/mol. The zero-order chi connectivity index (χ0) is 19.2. The molecule has 1 aliphatic rings. The number of aromatic nitrogens is 2. The summed E-state index contributed by atoms with van der Waals surface area (Å²) in [5.74, 6) is 0.772. The highest BCUT2D eigenvalue weighted by molar-refractivity contribution is 5.99. The maximum Gasteiger partial charge on any atom is 0.324 e. The van der Waals surface area contributed by atoms with E-state index in [9.17, 15) is 9.59 Å². The lowest BCUT2D eigenvalue weighted by Crippen LogP contribution is -2.43. The second-order valence-corrected chi connectivity index (χ2v) is 6.70. The summed E-state index contributed by atoms with van der Waals surface area (Å²) in [7, 11) is 1.77. The van der Waals surface area contributed by atoms with Gasteiger partial charge in [-0.2, -0.15) is 5.10 Å². The van der Waals surface area contributed by atoms with Gasteiger partial charge in [0, 0.05) is 24.8 Å². The molecule has 0 saturated carbocycles. The summed E-state index contributed by atoms with van der Waals surface area (Å²) in [5.41, 5.74) is 1.78. The molecule has 3 amide bonds. The van der Waals surface area contributed by atoms with Crippen LogP contribution in [0.1, 0.15) is 24.4 Å². The van der Waals surface area contributed by atoms with Crippen molar-refractivity contribution in [1.29, 1.82) is 0 Å². The van der Waals surface area contributed by atoms with Crippen LogP contribution in [0.25, 0.3) is 0 Å². The number of amides is 3. The van der Waals surface area contributed by atoms with Crippen LogP contribution in [0, 0.1) is 6.92 Å². The minimum absolute atomic E-state index is 0. The number of carbonyl (C=O) groups excluding carboxylic acids is 2. The maximum absolute atomic E-state index is 12.4. The van der Waals surface area contributed by atoms with E-state index in [-0.39, 0.29) is 30.4 Å². The number of likely N-dealkylation sites (N-methyl/N-ethyl adjacent to an activating group) is 1. The van der Waals surface area contributed by atoms with E-state index in [1.54, 1.807) is 19.3 Å². The second-order valence-electron chi connectivity index (χ2n) is 6.70. The molecule has 28 heavy (non-hydrogen) atoms. The Morgan fingerprint density at radius 1 is 1.14 bits per heavy atom. The number of hydrogen-bond donors (Lipinski definition) is 3. The lowest BCUT2D eigenvalue weighted by atomic mass is 10.1. The van der Waals surface area contributed by atoms with Gasteiger partial charge in [0.15, 0.2) is 0 Å². The number of rotatable bonds is 5. The summed E-state index contributed by atoms with van der Waals surface area (Å²) in [6, 6.07) is 9.28. The van der Waals surface area contributed by atoms with Crippen molar-refractivity contribution in [3.05, 3.63) is 42.1 Å². The van der Waals surface area contributed by atoms with Gasteiger partial charge in [-0.25, -0.2) is 9.48 Å². The van der Waals surface area contributed by atoms with Gasteiger partial charge in [0.2, 0.25) is 5.91 Å². The highest BCUT2D eigenvalue weighted by Crippen LogP contribution is 2.25. The third-order valence-corrected chi connectivity index (χ3v) is 4.80. The molecule has 9 heteroatoms. The molecule has 0 spiro atoms. The quantitative estimate of drug-likeness (QED) is 0.711. The van der Waals surface area contributed by atoms with Gasteiger partial charge < -0.3 is 15.5 Å². The molecule has 1 aliphatic heterocycles. The Bertz CT molecular complexity index is 801. The number of halogens is 1. The van der Waals surface area contributed by atoms with E-state index in [0.717, 1.165) is 24.1 Å². The van der Waals surface area contributed by atoms with Gasteiger partial charge in [0.1, 0.15) is 5.82 Å². The molecule has 1 aromatic carbocycles. The number of urea groups is 1. The molecule has 152 valence electrons. The first kappa shape index (κ1) is 21.7. The maximum atomic E-state index is 12.4. The van der Waals surface area contributed by atoms with E-state index in [2.05, 4.69) is 21.0 Å². The molecule has 0 unspecified atom stereocenters. The zero-order valence-electron chi connectivity index (χ0n) is 16.1. The van der Waals surface area contributed by atoms with Crippen LogP contribution in [0.4, 0.5) is 16.3 Å². The molecule has 0 bridgehead atoms. The Kier molecular flexibility index (Phi) is 7.83. The molecule has 0 radical (unpaired) electrons. The van der Waals surface area contributed by atoms with Crippen LogP contribution >= 0.6 is 12.4 Å². The number of piperidine rings is 1. The SMILES string of the molecule is CNCC(=O)N1CCC(n2nccc2NC(=O)Nc2ccccc2C)CC1.Cl. The lowest BCUT2D eigenvalue weighted by molar-refractivity contribution is -0.131. The normalized spacial score (nSPS) is 14.3. The molecule has 8 nitrogen and oxygen atoms in total. The van der Waals surface area contributed by atoms with Crippen molar-refractivity contribution in [2.24, 2.45) is 0 Å². The topological polar surface area (TPSA) is 91.3 Å². The van der Waals surface area contributed by atoms with Gasteiger partial charge in [-0.1, -0.05) is 18.2 Å². The van der Waals surface area contributed by atoms with Crippen LogP contribution in [-0.4, -0.2) is 53.3 Å². The Morgan fingerprint density at radius 3 is 2.54 bits per heavy atom. The first-order chi connectivity index (χ1) is 13.1.